The maximum Gasteiger partial charge on any atom is 0.274 e. The Morgan fingerprint density at radius 2 is 2.00 bits per heavy atom. The molecule has 0 N–H and O–H groups in total. The highest BCUT2D eigenvalue weighted by molar-refractivity contribution is 7.89. The van der Waals surface area contributed by atoms with Crippen LogP contribution in [0.4, 0.5) is 0 Å². The first-order valence-corrected chi connectivity index (χ1v) is 11.8. The van der Waals surface area contributed by atoms with Gasteiger partial charge >= 0.3 is 0 Å². The van der Waals surface area contributed by atoms with Crippen LogP contribution < -0.4 is 0 Å². The number of benzene rings is 1. The lowest BCUT2D eigenvalue weighted by molar-refractivity contribution is 0.0776. The standard InChI is InChI=1S/C21H29N5O3S/c1-15(2)11-25-13-18-20(21(27)24-10-9-16(12-24)23(3)4)22-14-26(18)17-7-5-6-8-19(17)30(25,28)29/h5-8,14-16H,9-13H2,1-4H3. The summed E-state index contributed by atoms with van der Waals surface area (Å²) >= 11 is 0. The van der Waals surface area contributed by atoms with Crippen LogP contribution in [0.3, 0.4) is 0 Å². The lowest BCUT2D eigenvalue weighted by Gasteiger charge is -2.23. The molecule has 2 aliphatic heterocycles. The van der Waals surface area contributed by atoms with E-state index in [0.717, 1.165) is 6.42 Å². The average molecular weight is 432 g/mol. The van der Waals surface area contributed by atoms with E-state index < -0.39 is 10.0 Å². The molecule has 1 amide bonds. The number of fused-ring (bicyclic) bond motifs is 3. The third kappa shape index (κ3) is 3.55. The SMILES string of the molecule is CC(C)CN1Cc2c(C(=O)N3CCC(N(C)C)C3)ncn2-c2ccccc2S1(=O)=O. The van der Waals surface area contributed by atoms with Crippen molar-refractivity contribution in [3.63, 3.8) is 0 Å². The molecule has 0 saturated carbocycles. The van der Waals surface area contributed by atoms with Gasteiger partial charge in [-0.2, -0.15) is 4.31 Å². The Morgan fingerprint density at radius 3 is 2.67 bits per heavy atom. The Kier molecular flexibility index (Phi) is 5.46. The van der Waals surface area contributed by atoms with Gasteiger partial charge in [0.15, 0.2) is 5.69 Å². The van der Waals surface area contributed by atoms with Crippen molar-refractivity contribution < 1.29 is 13.2 Å². The molecule has 0 radical (unpaired) electrons. The lowest BCUT2D eigenvalue weighted by Crippen LogP contribution is -2.36. The molecule has 3 heterocycles. The molecule has 1 fully saturated rings. The van der Waals surface area contributed by atoms with Gasteiger partial charge in [-0.25, -0.2) is 13.4 Å². The van der Waals surface area contributed by atoms with E-state index in [1.807, 2.05) is 32.8 Å². The molecule has 1 aromatic carbocycles. The van der Waals surface area contributed by atoms with Crippen LogP contribution in [-0.2, 0) is 16.6 Å². The van der Waals surface area contributed by atoms with Gasteiger partial charge in [-0.05, 0) is 38.6 Å². The van der Waals surface area contributed by atoms with Crippen LogP contribution in [0.25, 0.3) is 5.69 Å². The number of para-hydroxylation sites is 1. The third-order valence-corrected chi connectivity index (χ3v) is 7.75. The molecule has 30 heavy (non-hydrogen) atoms. The molecule has 0 bridgehead atoms. The van der Waals surface area contributed by atoms with Crippen LogP contribution in [0.15, 0.2) is 35.5 Å². The van der Waals surface area contributed by atoms with E-state index in [0.29, 0.717) is 42.8 Å². The van der Waals surface area contributed by atoms with Gasteiger partial charge in [0.25, 0.3) is 5.91 Å². The second kappa shape index (κ2) is 7.79. The highest BCUT2D eigenvalue weighted by Crippen LogP contribution is 2.32. The summed E-state index contributed by atoms with van der Waals surface area (Å²) in [5, 5.41) is 0. The molecule has 162 valence electrons. The molecule has 4 rings (SSSR count). The summed E-state index contributed by atoms with van der Waals surface area (Å²) in [6.07, 6.45) is 2.50. The molecule has 1 atom stereocenters. The molecular formula is C21H29N5O3S. The highest BCUT2D eigenvalue weighted by atomic mass is 32.2. The number of carbonyl (C=O) groups excluding carboxylic acids is 1. The second-order valence-corrected chi connectivity index (χ2v) is 10.6. The first-order chi connectivity index (χ1) is 14.2. The number of sulfonamides is 1. The normalized spacial score (nSPS) is 21.0. The number of amides is 1. The van der Waals surface area contributed by atoms with Crippen molar-refractivity contribution in [2.45, 2.75) is 37.8 Å². The van der Waals surface area contributed by atoms with Gasteiger partial charge in [-0.1, -0.05) is 26.0 Å². The zero-order valence-electron chi connectivity index (χ0n) is 17.9. The molecular weight excluding hydrogens is 402 g/mol. The van der Waals surface area contributed by atoms with Crippen molar-refractivity contribution in [2.24, 2.45) is 5.92 Å². The van der Waals surface area contributed by atoms with Gasteiger partial charge in [-0.15, -0.1) is 0 Å². The van der Waals surface area contributed by atoms with Crippen LogP contribution in [0, 0.1) is 5.92 Å². The van der Waals surface area contributed by atoms with E-state index in [1.54, 1.807) is 35.2 Å². The van der Waals surface area contributed by atoms with E-state index in [-0.39, 0.29) is 23.3 Å². The van der Waals surface area contributed by atoms with Crippen LogP contribution in [0.2, 0.25) is 0 Å². The monoisotopic (exact) mass is 431 g/mol. The molecule has 1 unspecified atom stereocenters. The largest absolute Gasteiger partial charge is 0.336 e. The number of likely N-dealkylation sites (N-methyl/N-ethyl adjacent to an activating group) is 1. The molecule has 0 spiro atoms. The Bertz CT molecular complexity index is 1060. The van der Waals surface area contributed by atoms with E-state index >= 15 is 0 Å². The van der Waals surface area contributed by atoms with Gasteiger partial charge in [0.1, 0.15) is 11.2 Å². The van der Waals surface area contributed by atoms with E-state index in [2.05, 4.69) is 9.88 Å². The summed E-state index contributed by atoms with van der Waals surface area (Å²) < 4.78 is 30.0. The predicted molar refractivity (Wildman–Crippen MR) is 114 cm³/mol. The Morgan fingerprint density at radius 1 is 1.27 bits per heavy atom. The fraction of sp³-hybridized carbons (Fsp3) is 0.524. The first-order valence-electron chi connectivity index (χ1n) is 10.3. The maximum absolute atomic E-state index is 13.4. The van der Waals surface area contributed by atoms with Gasteiger partial charge in [0.05, 0.1) is 17.9 Å². The van der Waals surface area contributed by atoms with E-state index in [4.69, 9.17) is 0 Å². The first kappa shape index (κ1) is 21.0. The number of aromatic nitrogens is 2. The van der Waals surface area contributed by atoms with Crippen molar-refractivity contribution >= 4 is 15.9 Å². The summed E-state index contributed by atoms with van der Waals surface area (Å²) in [5.74, 6) is 0.0226. The van der Waals surface area contributed by atoms with Crippen LogP contribution in [0.5, 0.6) is 0 Å². The number of hydrogen-bond acceptors (Lipinski definition) is 5. The molecule has 0 aliphatic carbocycles. The van der Waals surface area contributed by atoms with Crippen molar-refractivity contribution in [1.82, 2.24) is 23.7 Å². The molecule has 9 heteroatoms. The van der Waals surface area contributed by atoms with Crippen LogP contribution in [0.1, 0.15) is 36.5 Å². The Labute approximate surface area is 178 Å². The minimum atomic E-state index is -3.68. The van der Waals surface area contributed by atoms with Crippen molar-refractivity contribution in [2.75, 3.05) is 33.7 Å². The van der Waals surface area contributed by atoms with E-state index in [1.165, 1.54) is 4.31 Å². The number of hydrogen-bond donors (Lipinski definition) is 0. The van der Waals surface area contributed by atoms with Gasteiger partial charge in [0.2, 0.25) is 10.0 Å². The minimum absolute atomic E-state index is 0.126. The summed E-state index contributed by atoms with van der Waals surface area (Å²) in [6, 6.07) is 7.25. The molecule has 2 aromatic rings. The second-order valence-electron chi connectivity index (χ2n) is 8.73. The van der Waals surface area contributed by atoms with Crippen molar-refractivity contribution in [3.8, 4) is 5.69 Å². The van der Waals surface area contributed by atoms with Crippen LogP contribution >= 0.6 is 0 Å². The Balaban J connectivity index is 1.78. The van der Waals surface area contributed by atoms with Gasteiger partial charge in [-0.3, -0.25) is 9.36 Å². The third-order valence-electron chi connectivity index (χ3n) is 5.89. The maximum atomic E-state index is 13.4. The number of likely N-dealkylation sites (tertiary alicyclic amines) is 1. The molecule has 8 nitrogen and oxygen atoms in total. The fourth-order valence-electron chi connectivity index (χ4n) is 4.24. The van der Waals surface area contributed by atoms with Gasteiger partial charge in [0, 0.05) is 25.7 Å². The topological polar surface area (TPSA) is 78.8 Å². The number of nitrogens with zero attached hydrogens (tertiary/aromatic N) is 5. The lowest BCUT2D eigenvalue weighted by atomic mass is 10.2. The zero-order valence-corrected chi connectivity index (χ0v) is 18.8. The summed E-state index contributed by atoms with van der Waals surface area (Å²) in [7, 11) is 0.361. The smallest absolute Gasteiger partial charge is 0.274 e. The summed E-state index contributed by atoms with van der Waals surface area (Å²) in [5.41, 5.74) is 1.51. The quantitative estimate of drug-likeness (QED) is 0.738. The average Bonchev–Trinajstić information content (AvgIpc) is 3.32. The minimum Gasteiger partial charge on any atom is -0.336 e. The molecule has 1 aromatic heterocycles. The fourth-order valence-corrected chi connectivity index (χ4v) is 5.99. The summed E-state index contributed by atoms with van der Waals surface area (Å²) in [6.45, 7) is 5.81. The van der Waals surface area contributed by atoms with Gasteiger partial charge < -0.3 is 9.80 Å². The number of rotatable bonds is 4. The highest BCUT2D eigenvalue weighted by Gasteiger charge is 2.37. The predicted octanol–water partition coefficient (Wildman–Crippen LogP) is 1.81. The molecule has 1 saturated heterocycles. The molecule has 2 aliphatic rings. The summed E-state index contributed by atoms with van der Waals surface area (Å²) in [4.78, 5) is 22.0. The number of carbonyl (C=O) groups is 1. The van der Waals surface area contributed by atoms with Crippen LogP contribution in [-0.4, -0.2) is 77.8 Å². The Hall–Kier alpha value is -2.23. The number of imidazole rings is 1. The van der Waals surface area contributed by atoms with Crippen molar-refractivity contribution in [3.05, 3.63) is 42.0 Å². The zero-order chi connectivity index (χ0) is 21.6. The van der Waals surface area contributed by atoms with E-state index in [9.17, 15) is 13.2 Å². The van der Waals surface area contributed by atoms with Crippen molar-refractivity contribution in [1.29, 1.82) is 0 Å².